The molecular weight excluding hydrogens is 344 g/mol. The number of piperazine rings is 1. The third-order valence-electron chi connectivity index (χ3n) is 5.11. The zero-order valence-corrected chi connectivity index (χ0v) is 16.5. The highest BCUT2D eigenvalue weighted by atomic mass is 16.5. The summed E-state index contributed by atoms with van der Waals surface area (Å²) in [6.07, 6.45) is 4.07. The van der Waals surface area contributed by atoms with Crippen molar-refractivity contribution in [2.45, 2.75) is 45.7 Å². The van der Waals surface area contributed by atoms with Crippen LogP contribution in [0.1, 0.15) is 44.0 Å². The van der Waals surface area contributed by atoms with Crippen LogP contribution in [0, 0.1) is 5.92 Å². The van der Waals surface area contributed by atoms with Gasteiger partial charge in [0.2, 0.25) is 11.8 Å². The van der Waals surface area contributed by atoms with Crippen LogP contribution in [0.5, 0.6) is 5.88 Å². The minimum Gasteiger partial charge on any atom is -0.477 e. The predicted molar refractivity (Wildman–Crippen MR) is 103 cm³/mol. The number of amides is 2. The van der Waals surface area contributed by atoms with Crippen molar-refractivity contribution in [2.75, 3.05) is 32.8 Å². The lowest BCUT2D eigenvalue weighted by molar-refractivity contribution is -0.126. The number of aromatic nitrogens is 1. The molecule has 7 nitrogen and oxygen atoms in total. The van der Waals surface area contributed by atoms with Crippen LogP contribution in [0.3, 0.4) is 0 Å². The minimum absolute atomic E-state index is 0.00685. The molecular formula is C20H30N4O3. The molecule has 7 heteroatoms. The van der Waals surface area contributed by atoms with Crippen LogP contribution in [0.2, 0.25) is 0 Å². The topological polar surface area (TPSA) is 74.8 Å². The lowest BCUT2D eigenvalue weighted by Crippen LogP contribution is -2.55. The third kappa shape index (κ3) is 5.42. The van der Waals surface area contributed by atoms with E-state index in [0.717, 1.165) is 0 Å². The summed E-state index contributed by atoms with van der Waals surface area (Å²) < 4.78 is 5.68. The first-order chi connectivity index (χ1) is 12.9. The fourth-order valence-electron chi connectivity index (χ4n) is 3.17. The third-order valence-corrected chi connectivity index (χ3v) is 5.11. The Morgan fingerprint density at radius 2 is 1.93 bits per heavy atom. The molecule has 1 atom stereocenters. The maximum Gasteiger partial charge on any atom is 0.254 e. The summed E-state index contributed by atoms with van der Waals surface area (Å²) in [5.74, 6) is 1.20. The quantitative estimate of drug-likeness (QED) is 0.784. The first kappa shape index (κ1) is 19.6. The monoisotopic (exact) mass is 374 g/mol. The van der Waals surface area contributed by atoms with Crippen LogP contribution < -0.4 is 10.1 Å². The van der Waals surface area contributed by atoms with E-state index in [1.165, 1.54) is 12.8 Å². The van der Waals surface area contributed by atoms with E-state index in [4.69, 9.17) is 4.74 Å². The van der Waals surface area contributed by atoms with Crippen molar-refractivity contribution < 1.29 is 14.3 Å². The van der Waals surface area contributed by atoms with Gasteiger partial charge in [-0.3, -0.25) is 14.5 Å². The second-order valence-electron chi connectivity index (χ2n) is 7.80. The molecule has 27 heavy (non-hydrogen) atoms. The van der Waals surface area contributed by atoms with E-state index in [1.807, 2.05) is 25.7 Å². The van der Waals surface area contributed by atoms with E-state index in [0.29, 0.717) is 50.1 Å². The standard InChI is InChI=1S/C20H30N4O3/c1-14(2)22-19(25)15(3)23-8-10-24(11-9-23)20(26)17-6-7-21-18(12-17)27-13-16-4-5-16/h6-7,12,14-16H,4-5,8-11,13H2,1-3H3,(H,22,25)/t15-/m1/s1. The van der Waals surface area contributed by atoms with E-state index >= 15 is 0 Å². The fraction of sp³-hybridized carbons (Fsp3) is 0.650. The molecule has 1 N–H and O–H groups in total. The van der Waals surface area contributed by atoms with Crippen LogP contribution in [-0.2, 0) is 4.79 Å². The van der Waals surface area contributed by atoms with Gasteiger partial charge in [-0.25, -0.2) is 4.98 Å². The van der Waals surface area contributed by atoms with Gasteiger partial charge in [0.25, 0.3) is 5.91 Å². The van der Waals surface area contributed by atoms with Crippen LogP contribution in [0.4, 0.5) is 0 Å². The van der Waals surface area contributed by atoms with Gasteiger partial charge < -0.3 is 15.0 Å². The number of pyridine rings is 1. The first-order valence-electron chi connectivity index (χ1n) is 9.86. The molecule has 1 aliphatic carbocycles. The molecule has 1 aliphatic heterocycles. The molecule has 2 heterocycles. The molecule has 0 spiro atoms. The second kappa shape index (κ2) is 8.69. The average molecular weight is 374 g/mol. The maximum absolute atomic E-state index is 12.8. The predicted octanol–water partition coefficient (Wildman–Crippen LogP) is 1.54. The lowest BCUT2D eigenvalue weighted by Gasteiger charge is -2.37. The molecule has 1 saturated carbocycles. The maximum atomic E-state index is 12.8. The van der Waals surface area contributed by atoms with Gasteiger partial charge >= 0.3 is 0 Å². The molecule has 0 radical (unpaired) electrons. The van der Waals surface area contributed by atoms with Crippen molar-refractivity contribution in [1.82, 2.24) is 20.1 Å². The normalized spacial score (nSPS) is 19.0. The number of nitrogens with one attached hydrogen (secondary N) is 1. The molecule has 3 rings (SSSR count). The molecule has 2 fully saturated rings. The smallest absolute Gasteiger partial charge is 0.254 e. The van der Waals surface area contributed by atoms with Crippen molar-refractivity contribution in [2.24, 2.45) is 5.92 Å². The first-order valence-corrected chi connectivity index (χ1v) is 9.86. The Kier molecular flexibility index (Phi) is 6.31. The molecule has 1 saturated heterocycles. The second-order valence-corrected chi connectivity index (χ2v) is 7.80. The van der Waals surface area contributed by atoms with Crippen molar-refractivity contribution in [3.8, 4) is 5.88 Å². The summed E-state index contributed by atoms with van der Waals surface area (Å²) in [5.41, 5.74) is 0.606. The van der Waals surface area contributed by atoms with Gasteiger partial charge in [-0.15, -0.1) is 0 Å². The molecule has 0 bridgehead atoms. The zero-order valence-electron chi connectivity index (χ0n) is 16.5. The van der Waals surface area contributed by atoms with Crippen molar-refractivity contribution in [3.63, 3.8) is 0 Å². The van der Waals surface area contributed by atoms with Gasteiger partial charge in [-0.2, -0.15) is 0 Å². The van der Waals surface area contributed by atoms with E-state index in [2.05, 4.69) is 15.2 Å². The van der Waals surface area contributed by atoms with E-state index in [9.17, 15) is 9.59 Å². The van der Waals surface area contributed by atoms with E-state index in [1.54, 1.807) is 18.3 Å². The summed E-state index contributed by atoms with van der Waals surface area (Å²) in [7, 11) is 0. The Labute approximate surface area is 161 Å². The van der Waals surface area contributed by atoms with Crippen molar-refractivity contribution in [3.05, 3.63) is 23.9 Å². The zero-order chi connectivity index (χ0) is 19.4. The Hall–Kier alpha value is -2.15. The molecule has 1 aromatic rings. The van der Waals surface area contributed by atoms with E-state index in [-0.39, 0.29) is 23.9 Å². The highest BCUT2D eigenvalue weighted by Crippen LogP contribution is 2.29. The molecule has 0 unspecified atom stereocenters. The summed E-state index contributed by atoms with van der Waals surface area (Å²) in [5, 5.41) is 2.95. The molecule has 2 amide bonds. The summed E-state index contributed by atoms with van der Waals surface area (Å²) in [6.45, 7) is 9.11. The van der Waals surface area contributed by atoms with Crippen LogP contribution in [-0.4, -0.2) is 71.5 Å². The Morgan fingerprint density at radius 1 is 1.22 bits per heavy atom. The Morgan fingerprint density at radius 3 is 2.56 bits per heavy atom. The highest BCUT2D eigenvalue weighted by molar-refractivity contribution is 5.94. The number of nitrogens with zero attached hydrogens (tertiary/aromatic N) is 3. The lowest BCUT2D eigenvalue weighted by atomic mass is 10.1. The molecule has 148 valence electrons. The van der Waals surface area contributed by atoms with Gasteiger partial charge in [0, 0.05) is 50.0 Å². The number of hydrogen-bond acceptors (Lipinski definition) is 5. The number of carbonyl (C=O) groups is 2. The number of hydrogen-bond donors (Lipinski definition) is 1. The molecule has 2 aliphatic rings. The SMILES string of the molecule is CC(C)NC(=O)[C@@H](C)N1CCN(C(=O)c2ccnc(OCC3CC3)c2)CC1. The summed E-state index contributed by atoms with van der Waals surface area (Å²) >= 11 is 0. The summed E-state index contributed by atoms with van der Waals surface area (Å²) in [4.78, 5) is 33.1. The van der Waals surface area contributed by atoms with E-state index < -0.39 is 0 Å². The Balaban J connectivity index is 1.52. The van der Waals surface area contributed by atoms with Gasteiger partial charge in [0.05, 0.1) is 12.6 Å². The van der Waals surface area contributed by atoms with Crippen LogP contribution in [0.15, 0.2) is 18.3 Å². The Bertz CT molecular complexity index is 667. The van der Waals surface area contributed by atoms with Crippen LogP contribution >= 0.6 is 0 Å². The molecule has 0 aromatic carbocycles. The fourth-order valence-corrected chi connectivity index (χ4v) is 3.17. The largest absolute Gasteiger partial charge is 0.477 e. The number of carbonyl (C=O) groups excluding carboxylic acids is 2. The van der Waals surface area contributed by atoms with Crippen molar-refractivity contribution in [1.29, 1.82) is 0 Å². The number of ether oxygens (including phenoxy) is 1. The van der Waals surface area contributed by atoms with Gasteiger partial charge in [-0.1, -0.05) is 0 Å². The number of rotatable bonds is 7. The highest BCUT2D eigenvalue weighted by Gasteiger charge is 2.28. The minimum atomic E-state index is -0.187. The summed E-state index contributed by atoms with van der Waals surface area (Å²) in [6, 6.07) is 3.41. The van der Waals surface area contributed by atoms with Gasteiger partial charge in [0.15, 0.2) is 0 Å². The average Bonchev–Trinajstić information content (AvgIpc) is 3.49. The molecule has 1 aromatic heterocycles. The van der Waals surface area contributed by atoms with Gasteiger partial charge in [-0.05, 0) is 45.6 Å². The van der Waals surface area contributed by atoms with Gasteiger partial charge in [0.1, 0.15) is 0 Å². The van der Waals surface area contributed by atoms with Crippen molar-refractivity contribution >= 4 is 11.8 Å². The van der Waals surface area contributed by atoms with Crippen LogP contribution in [0.25, 0.3) is 0 Å².